The van der Waals surface area contributed by atoms with Crippen molar-refractivity contribution in [1.82, 2.24) is 29.0 Å². The maximum Gasteiger partial charge on any atom is 0.183 e. The Morgan fingerprint density at radius 3 is 2.59 bits per heavy atom. The smallest absolute Gasteiger partial charge is 0.183 e. The molecular formula is C19H20Cl2N6. The molecule has 140 valence electrons. The Labute approximate surface area is 167 Å². The van der Waals surface area contributed by atoms with Gasteiger partial charge in [0.15, 0.2) is 11.5 Å². The van der Waals surface area contributed by atoms with Gasteiger partial charge >= 0.3 is 0 Å². The fourth-order valence-corrected chi connectivity index (χ4v) is 3.78. The summed E-state index contributed by atoms with van der Waals surface area (Å²) in [4.78, 5) is 11.6. The molecule has 0 bridgehead atoms. The van der Waals surface area contributed by atoms with Crippen LogP contribution in [-0.2, 0) is 6.54 Å². The number of likely N-dealkylation sites (N-methyl/N-ethyl adjacent to an activating group) is 1. The number of hydrogen-bond acceptors (Lipinski definition) is 4. The van der Waals surface area contributed by atoms with Crippen LogP contribution in [0.25, 0.3) is 28.1 Å². The van der Waals surface area contributed by atoms with E-state index in [2.05, 4.69) is 47.5 Å². The lowest BCUT2D eigenvalue weighted by atomic mass is 10.2. The van der Waals surface area contributed by atoms with Gasteiger partial charge in [-0.25, -0.2) is 14.5 Å². The van der Waals surface area contributed by atoms with E-state index in [1.165, 1.54) is 11.3 Å². The normalized spacial score (nSPS) is 12.0. The number of halogens is 2. The lowest BCUT2D eigenvalue weighted by Gasteiger charge is -2.12. The Hall–Kier alpha value is -2.15. The van der Waals surface area contributed by atoms with Crippen LogP contribution in [0.1, 0.15) is 11.3 Å². The fourth-order valence-electron chi connectivity index (χ4n) is 3.29. The molecule has 0 aliphatic heterocycles. The van der Waals surface area contributed by atoms with Gasteiger partial charge in [0.1, 0.15) is 12.0 Å². The maximum atomic E-state index is 6.34. The number of fused-ring (bicyclic) bond motifs is 3. The van der Waals surface area contributed by atoms with E-state index in [0.29, 0.717) is 15.9 Å². The van der Waals surface area contributed by atoms with Crippen LogP contribution in [0.15, 0.2) is 24.5 Å². The topological polar surface area (TPSA) is 51.2 Å². The number of benzene rings is 1. The average molecular weight is 403 g/mol. The van der Waals surface area contributed by atoms with Crippen molar-refractivity contribution in [3.05, 3.63) is 45.8 Å². The Morgan fingerprint density at radius 1 is 1.11 bits per heavy atom. The molecule has 4 aromatic rings. The van der Waals surface area contributed by atoms with Gasteiger partial charge in [-0.2, -0.15) is 0 Å². The minimum absolute atomic E-state index is 0.527. The molecule has 0 atom stereocenters. The third-order valence-corrected chi connectivity index (χ3v) is 5.44. The number of aryl methyl sites for hydroxylation is 1. The molecule has 27 heavy (non-hydrogen) atoms. The molecule has 0 N–H and O–H groups in total. The molecule has 0 radical (unpaired) electrons. The van der Waals surface area contributed by atoms with Crippen LogP contribution in [0.4, 0.5) is 0 Å². The van der Waals surface area contributed by atoms with Crippen molar-refractivity contribution < 1.29 is 0 Å². The lowest BCUT2D eigenvalue weighted by Crippen LogP contribution is -2.19. The molecule has 3 heterocycles. The van der Waals surface area contributed by atoms with Crippen molar-refractivity contribution >= 4 is 39.9 Å². The van der Waals surface area contributed by atoms with Crippen molar-refractivity contribution in [1.29, 1.82) is 0 Å². The van der Waals surface area contributed by atoms with Crippen LogP contribution in [0.5, 0.6) is 0 Å². The fraction of sp³-hybridized carbons (Fsp3) is 0.316. The largest absolute Gasteiger partial charge is 0.328 e. The van der Waals surface area contributed by atoms with Crippen LogP contribution in [-0.4, -0.2) is 49.7 Å². The molecule has 6 nitrogen and oxygen atoms in total. The summed E-state index contributed by atoms with van der Waals surface area (Å²) in [5, 5.41) is 6.71. The highest BCUT2D eigenvalue weighted by molar-refractivity contribution is 6.36. The first kappa shape index (κ1) is 18.2. The summed E-state index contributed by atoms with van der Waals surface area (Å²) in [7, 11) is 4.14. The number of aromatic nitrogens is 5. The van der Waals surface area contributed by atoms with E-state index in [4.69, 9.17) is 28.2 Å². The second kappa shape index (κ2) is 6.78. The molecule has 0 aliphatic rings. The van der Waals surface area contributed by atoms with Gasteiger partial charge in [0, 0.05) is 29.4 Å². The zero-order chi connectivity index (χ0) is 19.3. The minimum atomic E-state index is 0.527. The predicted molar refractivity (Wildman–Crippen MR) is 110 cm³/mol. The van der Waals surface area contributed by atoms with Crippen LogP contribution in [0.3, 0.4) is 0 Å². The van der Waals surface area contributed by atoms with Gasteiger partial charge in [-0.05, 0) is 51.7 Å². The van der Waals surface area contributed by atoms with E-state index in [1.807, 2.05) is 6.07 Å². The number of nitrogens with zero attached hydrogens (tertiary/aromatic N) is 6. The Morgan fingerprint density at radius 2 is 1.89 bits per heavy atom. The monoisotopic (exact) mass is 402 g/mol. The Kier molecular flexibility index (Phi) is 4.58. The molecule has 4 rings (SSSR count). The van der Waals surface area contributed by atoms with Gasteiger partial charge in [-0.15, -0.1) is 5.10 Å². The minimum Gasteiger partial charge on any atom is -0.328 e. The highest BCUT2D eigenvalue weighted by Crippen LogP contribution is 2.31. The standard InChI is InChI=1S/C19H20Cl2N6/c1-11-12(2)26(8-7-25(3)4)18-16(11)19-23-17(24-27(19)10-22-18)14-6-5-13(20)9-15(14)21/h5-6,9-10H,7-8H2,1-4H3. The van der Waals surface area contributed by atoms with E-state index >= 15 is 0 Å². The third-order valence-electron chi connectivity index (χ3n) is 4.89. The summed E-state index contributed by atoms with van der Waals surface area (Å²) in [6, 6.07) is 5.32. The molecule has 0 fully saturated rings. The van der Waals surface area contributed by atoms with E-state index in [1.54, 1.807) is 23.0 Å². The second-order valence-electron chi connectivity index (χ2n) is 6.94. The SMILES string of the molecule is Cc1c(C)n(CCN(C)C)c2ncn3nc(-c4ccc(Cl)cc4Cl)nc3c12. The first-order valence-corrected chi connectivity index (χ1v) is 9.43. The molecule has 0 saturated heterocycles. The van der Waals surface area contributed by atoms with Crippen LogP contribution >= 0.6 is 23.2 Å². The van der Waals surface area contributed by atoms with Crippen molar-refractivity contribution in [2.24, 2.45) is 0 Å². The summed E-state index contributed by atoms with van der Waals surface area (Å²) in [5.74, 6) is 0.559. The van der Waals surface area contributed by atoms with Crippen molar-refractivity contribution in [3.63, 3.8) is 0 Å². The van der Waals surface area contributed by atoms with E-state index in [9.17, 15) is 0 Å². The van der Waals surface area contributed by atoms with Crippen LogP contribution in [0, 0.1) is 13.8 Å². The van der Waals surface area contributed by atoms with Crippen LogP contribution < -0.4 is 0 Å². The summed E-state index contributed by atoms with van der Waals surface area (Å²) < 4.78 is 3.96. The van der Waals surface area contributed by atoms with Gasteiger partial charge in [-0.3, -0.25) is 0 Å². The molecule has 0 unspecified atom stereocenters. The van der Waals surface area contributed by atoms with E-state index < -0.39 is 0 Å². The Balaban J connectivity index is 1.91. The predicted octanol–water partition coefficient (Wildman–Crippen LogP) is 4.23. The number of hydrogen-bond donors (Lipinski definition) is 0. The lowest BCUT2D eigenvalue weighted by molar-refractivity contribution is 0.384. The zero-order valence-electron chi connectivity index (χ0n) is 15.7. The van der Waals surface area contributed by atoms with E-state index in [0.717, 1.165) is 35.3 Å². The van der Waals surface area contributed by atoms with Crippen molar-refractivity contribution in [3.8, 4) is 11.4 Å². The average Bonchev–Trinajstić information content (AvgIpc) is 3.13. The second-order valence-corrected chi connectivity index (χ2v) is 7.78. The van der Waals surface area contributed by atoms with Gasteiger partial charge < -0.3 is 9.47 Å². The summed E-state index contributed by atoms with van der Waals surface area (Å²) in [6.07, 6.45) is 1.71. The summed E-state index contributed by atoms with van der Waals surface area (Å²) in [5.41, 5.74) is 4.83. The molecule has 0 amide bonds. The number of rotatable bonds is 4. The molecule has 0 spiro atoms. The molecule has 1 aromatic carbocycles. The van der Waals surface area contributed by atoms with Crippen molar-refractivity contribution in [2.45, 2.75) is 20.4 Å². The van der Waals surface area contributed by atoms with Crippen LogP contribution in [0.2, 0.25) is 10.0 Å². The molecule has 3 aromatic heterocycles. The first-order chi connectivity index (χ1) is 12.9. The van der Waals surface area contributed by atoms with Gasteiger partial charge in [0.2, 0.25) is 0 Å². The quantitative estimate of drug-likeness (QED) is 0.512. The highest BCUT2D eigenvalue weighted by Gasteiger charge is 2.19. The zero-order valence-corrected chi connectivity index (χ0v) is 17.2. The molecule has 0 saturated carbocycles. The highest BCUT2D eigenvalue weighted by atomic mass is 35.5. The molecular weight excluding hydrogens is 383 g/mol. The Bertz CT molecular complexity index is 1160. The van der Waals surface area contributed by atoms with Gasteiger partial charge in [0.05, 0.1) is 10.4 Å². The van der Waals surface area contributed by atoms with Gasteiger partial charge in [0.25, 0.3) is 0 Å². The first-order valence-electron chi connectivity index (χ1n) is 8.67. The van der Waals surface area contributed by atoms with Gasteiger partial charge in [-0.1, -0.05) is 23.2 Å². The van der Waals surface area contributed by atoms with E-state index in [-0.39, 0.29) is 0 Å². The molecule has 8 heteroatoms. The summed E-state index contributed by atoms with van der Waals surface area (Å²) >= 11 is 12.4. The maximum absolute atomic E-state index is 6.34. The molecule has 0 aliphatic carbocycles. The third kappa shape index (κ3) is 3.08. The van der Waals surface area contributed by atoms with Crippen molar-refractivity contribution in [2.75, 3.05) is 20.6 Å². The summed E-state index contributed by atoms with van der Waals surface area (Å²) in [6.45, 7) is 6.04.